The third kappa shape index (κ3) is 4.03. The second-order valence-corrected chi connectivity index (χ2v) is 10.8. The molecule has 1 unspecified atom stereocenters. The number of nitrogens with two attached hydrogens (primary N) is 1. The number of imidazole rings is 1. The third-order valence-electron chi connectivity index (χ3n) is 6.05. The predicted molar refractivity (Wildman–Crippen MR) is 130 cm³/mol. The summed E-state index contributed by atoms with van der Waals surface area (Å²) in [5.41, 5.74) is 10.1. The first-order chi connectivity index (χ1) is 16.2. The molecule has 3 heterocycles. The number of hydrogen-bond acceptors (Lipinski definition) is 6. The number of hydrogen-bond donors (Lipinski definition) is 2. The molecule has 1 aliphatic rings. The van der Waals surface area contributed by atoms with Gasteiger partial charge in [-0.15, -0.1) is 0 Å². The van der Waals surface area contributed by atoms with Crippen LogP contribution in [0.3, 0.4) is 0 Å². The molecule has 4 aromatic rings. The molecule has 5 rings (SSSR count). The standard InChI is InChI=1S/C25H24FN5O2S/c1-15-14-33-23-9-17(12-30-24(23)27)22-11-19(34(2,28)32)5-3-16(22)13-31-8-7-29-25(31)20-6-4-18(26)10-21(15)20/h3-12,15,28H,13-14H2,1-2H3,(H2,27,30)/t15-,34?/m0/s1. The molecule has 2 atom stereocenters. The van der Waals surface area contributed by atoms with Crippen molar-refractivity contribution in [2.75, 3.05) is 18.6 Å². The zero-order valence-electron chi connectivity index (χ0n) is 18.8. The zero-order valence-corrected chi connectivity index (χ0v) is 19.6. The van der Waals surface area contributed by atoms with E-state index in [0.29, 0.717) is 23.0 Å². The smallest absolute Gasteiger partial charge is 0.166 e. The van der Waals surface area contributed by atoms with Gasteiger partial charge in [-0.3, -0.25) is 0 Å². The van der Waals surface area contributed by atoms with Crippen molar-refractivity contribution in [1.29, 1.82) is 4.78 Å². The Morgan fingerprint density at radius 1 is 1.18 bits per heavy atom. The fourth-order valence-corrected chi connectivity index (χ4v) is 4.91. The van der Waals surface area contributed by atoms with Crippen molar-refractivity contribution in [1.82, 2.24) is 14.5 Å². The summed E-state index contributed by atoms with van der Waals surface area (Å²) in [4.78, 5) is 9.32. The first-order valence-corrected chi connectivity index (χ1v) is 12.7. The van der Waals surface area contributed by atoms with Crippen LogP contribution in [-0.4, -0.2) is 31.6 Å². The van der Waals surface area contributed by atoms with Gasteiger partial charge in [0.2, 0.25) is 0 Å². The number of nitrogens with one attached hydrogen (secondary N) is 1. The van der Waals surface area contributed by atoms with Gasteiger partial charge >= 0.3 is 0 Å². The van der Waals surface area contributed by atoms with Gasteiger partial charge in [0.15, 0.2) is 11.6 Å². The average molecular weight is 478 g/mol. The molecule has 174 valence electrons. The summed E-state index contributed by atoms with van der Waals surface area (Å²) < 4.78 is 42.8. The molecule has 2 aromatic carbocycles. The lowest BCUT2D eigenvalue weighted by atomic mass is 9.95. The molecule has 1 aliphatic heterocycles. The summed E-state index contributed by atoms with van der Waals surface area (Å²) in [6.07, 6.45) is 6.64. The van der Waals surface area contributed by atoms with E-state index < -0.39 is 9.73 Å². The Morgan fingerprint density at radius 2 is 2.00 bits per heavy atom. The van der Waals surface area contributed by atoms with Crippen LogP contribution in [0.4, 0.5) is 10.2 Å². The molecular weight excluding hydrogens is 453 g/mol. The van der Waals surface area contributed by atoms with Gasteiger partial charge in [-0.05, 0) is 53.1 Å². The van der Waals surface area contributed by atoms with Crippen molar-refractivity contribution in [3.8, 4) is 28.3 Å². The van der Waals surface area contributed by atoms with E-state index >= 15 is 0 Å². The summed E-state index contributed by atoms with van der Waals surface area (Å²) in [6, 6.07) is 11.9. The molecule has 3 N–H and O–H groups in total. The summed E-state index contributed by atoms with van der Waals surface area (Å²) in [5, 5.41) is 0. The summed E-state index contributed by atoms with van der Waals surface area (Å²) in [5.74, 6) is 0.893. The summed E-state index contributed by atoms with van der Waals surface area (Å²) >= 11 is 0. The first-order valence-electron chi connectivity index (χ1n) is 10.8. The quantitative estimate of drug-likeness (QED) is 0.405. The molecule has 0 saturated carbocycles. The van der Waals surface area contributed by atoms with Gasteiger partial charge in [0.1, 0.15) is 11.6 Å². The third-order valence-corrected chi connectivity index (χ3v) is 7.21. The summed E-state index contributed by atoms with van der Waals surface area (Å²) in [7, 11) is -2.93. The van der Waals surface area contributed by atoms with E-state index in [-0.39, 0.29) is 24.2 Å². The van der Waals surface area contributed by atoms with Crippen molar-refractivity contribution in [3.63, 3.8) is 0 Å². The molecule has 0 aliphatic carbocycles. The van der Waals surface area contributed by atoms with E-state index in [2.05, 4.69) is 9.97 Å². The molecule has 2 aromatic heterocycles. The van der Waals surface area contributed by atoms with Gasteiger partial charge in [-0.1, -0.05) is 13.0 Å². The number of rotatable bonds is 1. The molecule has 7 nitrogen and oxygen atoms in total. The number of nitrogen functional groups attached to an aromatic ring is 1. The topological polar surface area (TPSA) is 107 Å². The van der Waals surface area contributed by atoms with Crippen molar-refractivity contribution in [2.24, 2.45) is 0 Å². The second kappa shape index (κ2) is 8.25. The van der Waals surface area contributed by atoms with E-state index in [1.807, 2.05) is 23.8 Å². The highest BCUT2D eigenvalue weighted by molar-refractivity contribution is 7.91. The number of ether oxygens (including phenoxy) is 1. The highest BCUT2D eigenvalue weighted by Crippen LogP contribution is 2.35. The fraction of sp³-hybridized carbons (Fsp3) is 0.200. The van der Waals surface area contributed by atoms with Crippen LogP contribution in [0.25, 0.3) is 22.5 Å². The highest BCUT2D eigenvalue weighted by Gasteiger charge is 2.21. The van der Waals surface area contributed by atoms with Crippen LogP contribution in [0.15, 0.2) is 66.0 Å². The second-order valence-electron chi connectivity index (χ2n) is 8.59. The van der Waals surface area contributed by atoms with E-state index in [0.717, 1.165) is 27.8 Å². The number of benzene rings is 2. The largest absolute Gasteiger partial charge is 0.489 e. The lowest BCUT2D eigenvalue weighted by Gasteiger charge is -2.18. The molecular formula is C25H24FN5O2S. The molecule has 34 heavy (non-hydrogen) atoms. The maximum absolute atomic E-state index is 14.2. The Hall–Kier alpha value is -3.72. The van der Waals surface area contributed by atoms with Gasteiger partial charge in [0.25, 0.3) is 0 Å². The van der Waals surface area contributed by atoms with Crippen LogP contribution in [0.2, 0.25) is 0 Å². The maximum Gasteiger partial charge on any atom is 0.166 e. The minimum Gasteiger partial charge on any atom is -0.489 e. The molecule has 2 bridgehead atoms. The van der Waals surface area contributed by atoms with E-state index in [4.69, 9.17) is 15.3 Å². The molecule has 0 radical (unpaired) electrons. The van der Waals surface area contributed by atoms with Gasteiger partial charge in [-0.2, -0.15) is 0 Å². The highest BCUT2D eigenvalue weighted by atomic mass is 32.2. The number of halogens is 1. The van der Waals surface area contributed by atoms with Crippen molar-refractivity contribution in [3.05, 3.63) is 78.0 Å². The first kappa shape index (κ1) is 22.1. The lowest BCUT2D eigenvalue weighted by molar-refractivity contribution is 0.296. The average Bonchev–Trinajstić information content (AvgIpc) is 3.25. The van der Waals surface area contributed by atoms with Crippen LogP contribution in [0.5, 0.6) is 5.75 Å². The Labute approximate surface area is 197 Å². The monoisotopic (exact) mass is 477 g/mol. The minimum atomic E-state index is -2.93. The van der Waals surface area contributed by atoms with Crippen molar-refractivity contribution >= 4 is 15.5 Å². The normalized spacial score (nSPS) is 17.0. The molecule has 0 fully saturated rings. The minimum absolute atomic E-state index is 0.151. The van der Waals surface area contributed by atoms with Crippen molar-refractivity contribution < 1.29 is 13.3 Å². The van der Waals surface area contributed by atoms with Crippen molar-refractivity contribution in [2.45, 2.75) is 24.3 Å². The Bertz CT molecular complexity index is 1510. The van der Waals surface area contributed by atoms with Crippen LogP contribution >= 0.6 is 0 Å². The van der Waals surface area contributed by atoms with Crippen LogP contribution in [0, 0.1) is 10.6 Å². The molecule has 0 spiro atoms. The molecule has 9 heteroatoms. The Morgan fingerprint density at radius 3 is 2.79 bits per heavy atom. The summed E-state index contributed by atoms with van der Waals surface area (Å²) in [6.45, 7) is 2.68. The molecule has 0 amide bonds. The maximum atomic E-state index is 14.2. The fourth-order valence-electron chi connectivity index (χ4n) is 4.24. The van der Waals surface area contributed by atoms with Crippen LogP contribution in [0.1, 0.15) is 24.0 Å². The SMILES string of the molecule is C[C@H]1COc2cc(cnc2N)-c2cc(S(C)(=N)=O)ccc2Cn2ccnc2-c2ccc(F)cc21. The van der Waals surface area contributed by atoms with E-state index in [1.54, 1.807) is 36.7 Å². The number of nitrogens with zero attached hydrogens (tertiary/aromatic N) is 3. The number of pyridine rings is 1. The molecule has 0 saturated heterocycles. The van der Waals surface area contributed by atoms with Gasteiger partial charge in [-0.25, -0.2) is 23.3 Å². The Kier molecular flexibility index (Phi) is 5.36. The zero-order chi connectivity index (χ0) is 24.0. The van der Waals surface area contributed by atoms with E-state index in [1.165, 1.54) is 18.4 Å². The predicted octanol–water partition coefficient (Wildman–Crippen LogP) is 4.91. The lowest BCUT2D eigenvalue weighted by Crippen LogP contribution is -2.11. The van der Waals surface area contributed by atoms with Gasteiger partial charge in [0, 0.05) is 53.3 Å². The number of fused-ring (bicyclic) bond motifs is 7. The Balaban J connectivity index is 1.77. The van der Waals surface area contributed by atoms with Crippen LogP contribution in [-0.2, 0) is 16.3 Å². The van der Waals surface area contributed by atoms with Gasteiger partial charge in [0.05, 0.1) is 16.3 Å². The number of aromatic nitrogens is 3. The number of anilines is 1. The van der Waals surface area contributed by atoms with E-state index in [9.17, 15) is 8.60 Å². The van der Waals surface area contributed by atoms with Crippen LogP contribution < -0.4 is 10.5 Å². The van der Waals surface area contributed by atoms with Gasteiger partial charge < -0.3 is 15.0 Å².